The van der Waals surface area contributed by atoms with Crippen LogP contribution in [0.25, 0.3) is 0 Å². The highest BCUT2D eigenvalue weighted by Gasteiger charge is 2.76. The molecule has 26 atom stereocenters. The van der Waals surface area contributed by atoms with E-state index in [1.54, 1.807) is 0 Å². The molecule has 9 aliphatic rings. The average molecular weight is 901 g/mol. The molecule has 360 valence electrons. The monoisotopic (exact) mass is 900 g/mol. The third kappa shape index (κ3) is 7.35. The van der Waals surface area contributed by atoms with Crippen LogP contribution in [0.15, 0.2) is 11.6 Å². The van der Waals surface area contributed by atoms with Crippen LogP contribution in [0, 0.1) is 40.4 Å². The quantitative estimate of drug-likeness (QED) is 0.135. The number of ether oxygens (including phenoxy) is 8. The molecule has 17 unspecified atom stereocenters. The molecule has 0 amide bonds. The first-order valence-electron chi connectivity index (χ1n) is 23.5. The molecule has 0 bridgehead atoms. The van der Waals surface area contributed by atoms with Crippen molar-refractivity contribution in [1.82, 2.24) is 0 Å². The maximum atomic E-state index is 12.8. The van der Waals surface area contributed by atoms with E-state index in [2.05, 4.69) is 33.8 Å². The van der Waals surface area contributed by atoms with Crippen molar-refractivity contribution in [3.8, 4) is 0 Å². The average Bonchev–Trinajstić information content (AvgIpc) is 3.62. The van der Waals surface area contributed by atoms with Crippen molar-refractivity contribution in [1.29, 1.82) is 0 Å². The summed E-state index contributed by atoms with van der Waals surface area (Å²) in [6.07, 6.45) is -14.6. The SMILES string of the molecule is CC1CC[C@@]2(OC1)O[C@H]1CC3[C@@H]4CC=C5C[C@@H](OC6OC(CO)C(O)C(OC7OC(CO)C(O)C(O)C7O)C6OC6OC(C)C(O)C(O)C6O)CC[C@]5(C)[C@H]4CC[C@]3(C)[C@@]1(O)[C@@H]2C. The maximum Gasteiger partial charge on any atom is 0.187 e. The van der Waals surface area contributed by atoms with Crippen molar-refractivity contribution < 1.29 is 89.0 Å². The van der Waals surface area contributed by atoms with Gasteiger partial charge in [0.15, 0.2) is 24.7 Å². The Labute approximate surface area is 368 Å². The normalized spacial score (nSPS) is 58.1. The molecule has 5 heterocycles. The standard InChI is InChI=1S/C45H72O18/c1-19-8-13-44(56-18-19)21(3)45(55)29(63-44)15-26-24-7-6-22-14-23(9-11-42(22,4)25(24)10-12-43(26,45)5)58-41-38(62-39-35(53)33(51)30(48)20(2)57-39)37(32(50)28(17-47)60-41)61-40-36(54)34(52)31(49)27(16-46)59-40/h6,19-21,23-41,46-55H,7-18H2,1-5H3/t19?,20?,21-,23+,24-,25+,26?,27?,28?,29+,30?,31?,32?,33?,34?,35?,36?,37?,38?,39?,40?,41?,42+,43+,44-,45-/m1/s1. The van der Waals surface area contributed by atoms with Crippen LogP contribution in [-0.2, 0) is 37.9 Å². The predicted octanol–water partition coefficient (Wildman–Crippen LogP) is -0.671. The number of aliphatic hydroxyl groups excluding tert-OH is 9. The van der Waals surface area contributed by atoms with Crippen LogP contribution in [0.1, 0.15) is 92.4 Å². The van der Waals surface area contributed by atoms with E-state index < -0.39 is 123 Å². The Kier molecular flexibility index (Phi) is 12.9. The Hall–Kier alpha value is -0.980. The Morgan fingerprint density at radius 3 is 2.02 bits per heavy atom. The molecule has 63 heavy (non-hydrogen) atoms. The Morgan fingerprint density at radius 1 is 0.683 bits per heavy atom. The highest BCUT2D eigenvalue weighted by molar-refractivity contribution is 5.29. The number of rotatable bonds is 8. The summed E-state index contributed by atoms with van der Waals surface area (Å²) in [5.41, 5.74) is -0.202. The van der Waals surface area contributed by atoms with Gasteiger partial charge in [0.2, 0.25) is 0 Å². The second kappa shape index (κ2) is 17.2. The minimum Gasteiger partial charge on any atom is -0.394 e. The van der Waals surface area contributed by atoms with E-state index in [9.17, 15) is 51.1 Å². The van der Waals surface area contributed by atoms with Gasteiger partial charge in [-0.2, -0.15) is 0 Å². The molecule has 3 saturated carbocycles. The first kappa shape index (κ1) is 47.1. The van der Waals surface area contributed by atoms with Crippen LogP contribution in [0.3, 0.4) is 0 Å². The topological polar surface area (TPSA) is 276 Å². The Bertz CT molecular complexity index is 1660. The number of hydrogen-bond donors (Lipinski definition) is 10. The van der Waals surface area contributed by atoms with Crippen LogP contribution in [-0.4, -0.2) is 187 Å². The summed E-state index contributed by atoms with van der Waals surface area (Å²) >= 11 is 0. The van der Waals surface area contributed by atoms with Crippen LogP contribution >= 0.6 is 0 Å². The molecular weight excluding hydrogens is 828 g/mol. The number of allylic oxidation sites excluding steroid dienone is 1. The van der Waals surface area contributed by atoms with Gasteiger partial charge in [0, 0.05) is 17.8 Å². The van der Waals surface area contributed by atoms with Gasteiger partial charge in [-0.3, -0.25) is 0 Å². The van der Waals surface area contributed by atoms with Gasteiger partial charge in [-0.05, 0) is 87.4 Å². The number of hydrogen-bond acceptors (Lipinski definition) is 18. The fourth-order valence-electron chi connectivity index (χ4n) is 13.9. The van der Waals surface area contributed by atoms with Gasteiger partial charge in [0.25, 0.3) is 0 Å². The lowest BCUT2D eigenvalue weighted by Gasteiger charge is -2.60. The fourth-order valence-corrected chi connectivity index (χ4v) is 13.9. The van der Waals surface area contributed by atoms with E-state index in [4.69, 9.17) is 37.9 Å². The molecule has 1 spiro atoms. The highest BCUT2D eigenvalue weighted by atomic mass is 16.8. The van der Waals surface area contributed by atoms with Gasteiger partial charge in [0.1, 0.15) is 72.7 Å². The van der Waals surface area contributed by atoms with E-state index in [-0.39, 0.29) is 28.8 Å². The molecule has 5 aliphatic heterocycles. The van der Waals surface area contributed by atoms with Crippen molar-refractivity contribution in [2.24, 2.45) is 40.4 Å². The highest BCUT2D eigenvalue weighted by Crippen LogP contribution is 2.72. The minimum absolute atomic E-state index is 0.143. The fraction of sp³-hybridized carbons (Fsp3) is 0.956. The van der Waals surface area contributed by atoms with Crippen molar-refractivity contribution in [2.45, 2.75) is 208 Å². The Morgan fingerprint density at radius 2 is 1.33 bits per heavy atom. The molecule has 8 fully saturated rings. The molecule has 0 aromatic rings. The third-order valence-corrected chi connectivity index (χ3v) is 17.9. The molecule has 4 aliphatic carbocycles. The van der Waals surface area contributed by atoms with E-state index >= 15 is 0 Å². The van der Waals surface area contributed by atoms with Gasteiger partial charge >= 0.3 is 0 Å². The van der Waals surface area contributed by atoms with Crippen molar-refractivity contribution in [3.05, 3.63) is 11.6 Å². The van der Waals surface area contributed by atoms with Crippen molar-refractivity contribution >= 4 is 0 Å². The minimum atomic E-state index is -1.86. The second-order valence-electron chi connectivity index (χ2n) is 21.2. The molecule has 0 aromatic carbocycles. The van der Waals surface area contributed by atoms with Crippen LogP contribution < -0.4 is 0 Å². The lowest BCUT2D eigenvalue weighted by Crippen LogP contribution is -2.67. The van der Waals surface area contributed by atoms with E-state index in [1.807, 2.05) is 0 Å². The molecule has 5 saturated heterocycles. The zero-order valence-corrected chi connectivity index (χ0v) is 37.0. The first-order chi connectivity index (χ1) is 29.8. The van der Waals surface area contributed by atoms with Crippen LogP contribution in [0.2, 0.25) is 0 Å². The number of aliphatic hydroxyl groups is 10. The Balaban J connectivity index is 0.948. The van der Waals surface area contributed by atoms with Gasteiger partial charge in [-0.15, -0.1) is 0 Å². The largest absolute Gasteiger partial charge is 0.394 e. The summed E-state index contributed by atoms with van der Waals surface area (Å²) < 4.78 is 50.0. The predicted molar refractivity (Wildman–Crippen MR) is 216 cm³/mol. The molecule has 18 nitrogen and oxygen atoms in total. The molecule has 10 N–H and O–H groups in total. The zero-order valence-electron chi connectivity index (χ0n) is 37.0. The van der Waals surface area contributed by atoms with Crippen molar-refractivity contribution in [3.63, 3.8) is 0 Å². The molecule has 0 aromatic heterocycles. The van der Waals surface area contributed by atoms with Crippen LogP contribution in [0.5, 0.6) is 0 Å². The molecule has 9 rings (SSSR count). The summed E-state index contributed by atoms with van der Waals surface area (Å²) in [5.74, 6) is 0.580. The van der Waals surface area contributed by atoms with E-state index in [0.29, 0.717) is 37.2 Å². The van der Waals surface area contributed by atoms with E-state index in [1.165, 1.54) is 12.5 Å². The van der Waals surface area contributed by atoms with Gasteiger partial charge in [-0.25, -0.2) is 0 Å². The molecule has 18 heteroatoms. The molecule has 0 radical (unpaired) electrons. The lowest BCUT2D eigenvalue weighted by molar-refractivity contribution is -0.394. The lowest BCUT2D eigenvalue weighted by atomic mass is 9.46. The maximum absolute atomic E-state index is 12.8. The second-order valence-corrected chi connectivity index (χ2v) is 21.2. The summed E-state index contributed by atoms with van der Waals surface area (Å²) in [5, 5.41) is 109. The molecular formula is C45H72O18. The smallest absolute Gasteiger partial charge is 0.187 e. The van der Waals surface area contributed by atoms with E-state index in [0.717, 1.165) is 44.9 Å². The van der Waals surface area contributed by atoms with Crippen LogP contribution in [0.4, 0.5) is 0 Å². The van der Waals surface area contributed by atoms with Gasteiger partial charge in [0.05, 0.1) is 38.1 Å². The zero-order chi connectivity index (χ0) is 45.1. The summed E-state index contributed by atoms with van der Waals surface area (Å²) in [6, 6.07) is 0. The summed E-state index contributed by atoms with van der Waals surface area (Å²) in [4.78, 5) is 0. The third-order valence-electron chi connectivity index (χ3n) is 17.9. The van der Waals surface area contributed by atoms with Gasteiger partial charge in [-0.1, -0.05) is 39.3 Å². The number of fused-ring (bicyclic) bond motifs is 7. The summed E-state index contributed by atoms with van der Waals surface area (Å²) in [7, 11) is 0. The first-order valence-corrected chi connectivity index (χ1v) is 23.5. The van der Waals surface area contributed by atoms with Gasteiger partial charge < -0.3 is 89.0 Å². The summed E-state index contributed by atoms with van der Waals surface area (Å²) in [6.45, 7) is 9.64. The van der Waals surface area contributed by atoms with Crippen molar-refractivity contribution in [2.75, 3.05) is 19.8 Å².